The number of methoxy groups -OCH3 is 1. The number of piperazine rings is 1. The van der Waals surface area contributed by atoms with Crippen molar-refractivity contribution in [3.8, 4) is 5.75 Å². The Hall–Kier alpha value is -2.28. The average Bonchev–Trinajstić information content (AvgIpc) is 3.12. The Morgan fingerprint density at radius 1 is 1.14 bits per heavy atom. The monoisotopic (exact) mass is 404 g/mol. The summed E-state index contributed by atoms with van der Waals surface area (Å²) in [7, 11) is 1.61. The van der Waals surface area contributed by atoms with Crippen LogP contribution in [0.3, 0.4) is 0 Å². The van der Waals surface area contributed by atoms with Crippen LogP contribution in [0.5, 0.6) is 5.75 Å². The van der Waals surface area contributed by atoms with E-state index in [-0.39, 0.29) is 24.1 Å². The van der Waals surface area contributed by atoms with Gasteiger partial charge in [-0.2, -0.15) is 0 Å². The van der Waals surface area contributed by atoms with E-state index in [1.54, 1.807) is 12.0 Å². The average molecular weight is 405 g/mol. The zero-order valence-corrected chi connectivity index (χ0v) is 18.0. The first-order valence-corrected chi connectivity index (χ1v) is 10.3. The van der Waals surface area contributed by atoms with Crippen molar-refractivity contribution in [3.63, 3.8) is 0 Å². The Kier molecular flexibility index (Phi) is 6.36. The number of carbonyl (C=O) groups is 2. The molecule has 1 aromatic carbocycles. The number of nitrogens with zero attached hydrogens (tertiary/aromatic N) is 2. The van der Waals surface area contributed by atoms with Gasteiger partial charge in [-0.25, -0.2) is 4.79 Å². The topological polar surface area (TPSA) is 68.3 Å². The first-order chi connectivity index (χ1) is 13.7. The Morgan fingerprint density at radius 2 is 1.86 bits per heavy atom. The van der Waals surface area contributed by atoms with Crippen LogP contribution in [0.25, 0.3) is 0 Å². The molecule has 0 aromatic heterocycles. The molecule has 7 heteroatoms. The smallest absolute Gasteiger partial charge is 0.410 e. The summed E-state index contributed by atoms with van der Waals surface area (Å²) >= 11 is 0. The van der Waals surface area contributed by atoms with Crippen LogP contribution >= 0.6 is 0 Å². The molecule has 0 N–H and O–H groups in total. The van der Waals surface area contributed by atoms with Crippen LogP contribution in [0.2, 0.25) is 0 Å². The summed E-state index contributed by atoms with van der Waals surface area (Å²) in [5.41, 5.74) is 0.306. The third-order valence-corrected chi connectivity index (χ3v) is 5.32. The number of para-hydroxylation sites is 1. The number of benzene rings is 1. The zero-order valence-electron chi connectivity index (χ0n) is 18.0. The van der Waals surface area contributed by atoms with Crippen molar-refractivity contribution in [2.24, 2.45) is 0 Å². The fourth-order valence-electron chi connectivity index (χ4n) is 3.92. The van der Waals surface area contributed by atoms with Crippen molar-refractivity contribution in [1.82, 2.24) is 9.80 Å². The van der Waals surface area contributed by atoms with Gasteiger partial charge in [-0.3, -0.25) is 4.79 Å². The van der Waals surface area contributed by atoms with Gasteiger partial charge in [0.1, 0.15) is 17.5 Å². The molecule has 3 rings (SSSR count). The van der Waals surface area contributed by atoms with Crippen molar-refractivity contribution in [1.29, 1.82) is 0 Å². The summed E-state index contributed by atoms with van der Waals surface area (Å²) in [5.74, 6) is 0.677. The lowest BCUT2D eigenvalue weighted by molar-refractivity contribution is -0.148. The first-order valence-electron chi connectivity index (χ1n) is 10.3. The molecule has 0 saturated carbocycles. The Bertz CT molecular complexity index is 745. The van der Waals surface area contributed by atoms with Crippen molar-refractivity contribution >= 4 is 12.0 Å². The largest absolute Gasteiger partial charge is 0.496 e. The third kappa shape index (κ3) is 5.01. The number of carbonyl (C=O) groups excluding carboxylic acids is 2. The van der Waals surface area contributed by atoms with E-state index in [2.05, 4.69) is 0 Å². The molecule has 3 atom stereocenters. The Balaban J connectivity index is 1.86. The van der Waals surface area contributed by atoms with Crippen LogP contribution in [-0.4, -0.2) is 66.4 Å². The predicted molar refractivity (Wildman–Crippen MR) is 109 cm³/mol. The zero-order chi connectivity index (χ0) is 21.2. The van der Waals surface area contributed by atoms with Gasteiger partial charge >= 0.3 is 6.09 Å². The van der Waals surface area contributed by atoms with Gasteiger partial charge in [0.15, 0.2) is 0 Å². The maximum absolute atomic E-state index is 13.3. The molecule has 29 heavy (non-hydrogen) atoms. The quantitative estimate of drug-likeness (QED) is 0.773. The normalized spacial score (nSPS) is 25.1. The highest BCUT2D eigenvalue weighted by atomic mass is 16.6. The number of ether oxygens (including phenoxy) is 3. The minimum Gasteiger partial charge on any atom is -0.496 e. The Morgan fingerprint density at radius 3 is 2.48 bits per heavy atom. The van der Waals surface area contributed by atoms with Crippen LogP contribution in [0, 0.1) is 0 Å². The van der Waals surface area contributed by atoms with E-state index in [9.17, 15) is 9.59 Å². The van der Waals surface area contributed by atoms with Crippen molar-refractivity contribution in [2.75, 3.05) is 26.7 Å². The highest BCUT2D eigenvalue weighted by molar-refractivity contribution is 5.82. The molecule has 2 saturated heterocycles. The second kappa shape index (κ2) is 8.61. The van der Waals surface area contributed by atoms with E-state index < -0.39 is 11.7 Å². The lowest BCUT2D eigenvalue weighted by Gasteiger charge is -2.42. The van der Waals surface area contributed by atoms with Gasteiger partial charge in [-0.15, -0.1) is 0 Å². The number of hydrogen-bond acceptors (Lipinski definition) is 5. The number of hydrogen-bond donors (Lipinski definition) is 0. The molecule has 160 valence electrons. The third-order valence-electron chi connectivity index (χ3n) is 5.32. The van der Waals surface area contributed by atoms with Crippen LogP contribution in [0.4, 0.5) is 4.79 Å². The van der Waals surface area contributed by atoms with E-state index in [0.29, 0.717) is 25.4 Å². The second-order valence-electron chi connectivity index (χ2n) is 8.73. The Labute approximate surface area is 172 Å². The highest BCUT2D eigenvalue weighted by Crippen LogP contribution is 2.34. The van der Waals surface area contributed by atoms with Gasteiger partial charge in [0.25, 0.3) is 5.91 Å². The molecular weight excluding hydrogens is 372 g/mol. The van der Waals surface area contributed by atoms with E-state index in [1.165, 1.54) is 0 Å². The van der Waals surface area contributed by atoms with Crippen LogP contribution in [-0.2, 0) is 14.3 Å². The summed E-state index contributed by atoms with van der Waals surface area (Å²) in [6.45, 7) is 8.74. The van der Waals surface area contributed by atoms with Crippen molar-refractivity contribution in [2.45, 2.75) is 64.4 Å². The fraction of sp³-hybridized carbons (Fsp3) is 0.636. The first kappa shape index (κ1) is 21.4. The molecule has 2 amide bonds. The maximum Gasteiger partial charge on any atom is 0.410 e. The van der Waals surface area contributed by atoms with Gasteiger partial charge in [0, 0.05) is 25.2 Å². The van der Waals surface area contributed by atoms with E-state index >= 15 is 0 Å². The SMILES string of the molecule is COc1ccccc1[C@@H]1CN(C(=O)OC(C)(C)C)CCN1C(=O)[C@@H]1CC[C@H](C)O1. The lowest BCUT2D eigenvalue weighted by atomic mass is 10.00. The second-order valence-corrected chi connectivity index (χ2v) is 8.73. The fourth-order valence-corrected chi connectivity index (χ4v) is 3.92. The summed E-state index contributed by atoms with van der Waals surface area (Å²) in [5, 5.41) is 0. The summed E-state index contributed by atoms with van der Waals surface area (Å²) in [6, 6.07) is 7.31. The molecule has 2 fully saturated rings. The van der Waals surface area contributed by atoms with E-state index in [4.69, 9.17) is 14.2 Å². The number of amides is 2. The van der Waals surface area contributed by atoms with E-state index in [1.807, 2.05) is 56.9 Å². The summed E-state index contributed by atoms with van der Waals surface area (Å²) in [4.78, 5) is 29.4. The standard InChI is InChI=1S/C22H32N2O5/c1-15-10-11-19(28-15)20(25)24-13-12-23(21(26)29-22(2,3)4)14-17(24)16-8-6-7-9-18(16)27-5/h6-9,15,17,19H,10-14H2,1-5H3/t15-,17-,19-/m0/s1. The number of rotatable bonds is 3. The van der Waals surface area contributed by atoms with Gasteiger partial charge in [-0.1, -0.05) is 18.2 Å². The minimum absolute atomic E-state index is 0.0194. The van der Waals surface area contributed by atoms with E-state index in [0.717, 1.165) is 18.4 Å². The van der Waals surface area contributed by atoms with Gasteiger partial charge in [0.05, 0.1) is 19.3 Å². The van der Waals surface area contributed by atoms with Gasteiger partial charge in [0.2, 0.25) is 0 Å². The van der Waals surface area contributed by atoms with Crippen LogP contribution in [0.1, 0.15) is 52.1 Å². The minimum atomic E-state index is -0.572. The van der Waals surface area contributed by atoms with Crippen molar-refractivity contribution < 1.29 is 23.8 Å². The van der Waals surface area contributed by atoms with Crippen molar-refractivity contribution in [3.05, 3.63) is 29.8 Å². The lowest BCUT2D eigenvalue weighted by Crippen LogP contribution is -2.55. The molecule has 2 aliphatic heterocycles. The maximum atomic E-state index is 13.3. The molecule has 0 radical (unpaired) electrons. The molecule has 1 aromatic rings. The molecule has 7 nitrogen and oxygen atoms in total. The molecule has 2 aliphatic rings. The molecule has 0 bridgehead atoms. The van der Waals surface area contributed by atoms with Crippen LogP contribution in [0.15, 0.2) is 24.3 Å². The molecule has 0 unspecified atom stereocenters. The molecule has 0 aliphatic carbocycles. The predicted octanol–water partition coefficient (Wildman–Crippen LogP) is 3.38. The summed E-state index contributed by atoms with van der Waals surface area (Å²) < 4.78 is 16.9. The van der Waals surface area contributed by atoms with Gasteiger partial charge < -0.3 is 24.0 Å². The van der Waals surface area contributed by atoms with Gasteiger partial charge in [-0.05, 0) is 46.6 Å². The molecular formula is C22H32N2O5. The molecule has 0 spiro atoms. The summed E-state index contributed by atoms with van der Waals surface area (Å²) in [6.07, 6.45) is 0.917. The van der Waals surface area contributed by atoms with Crippen LogP contribution < -0.4 is 4.74 Å². The molecule has 2 heterocycles. The highest BCUT2D eigenvalue weighted by Gasteiger charge is 2.40.